The Labute approximate surface area is 316 Å². The fraction of sp³-hybridized carbons (Fsp3) is 0.300. The van der Waals surface area contributed by atoms with E-state index in [4.69, 9.17) is 14.2 Å². The van der Waals surface area contributed by atoms with Gasteiger partial charge in [0.1, 0.15) is 12.6 Å². The standard InChI is InChI=1S/C40H40N6O7S/c1-25-34(24-54-39-42-43-44-45(39)2)52-38(53-36(25)29-14-12-26(22-47)13-15-29)30-18-16-28(17-19-30)32-11-7-6-10-31(32)21-46-35(48)20-33(37(46)49)41-40(50)51-23-27-8-4-3-5-9-27/h3-19,25,33-34,36,38,47H,20-24H2,1-2H3,(H,41,50)/t25-,33?,34+,36+,38+/m1/s1. The summed E-state index contributed by atoms with van der Waals surface area (Å²) in [5, 5.41) is 24.6. The Morgan fingerprint density at radius 2 is 1.65 bits per heavy atom. The molecule has 0 radical (unpaired) electrons. The Morgan fingerprint density at radius 1 is 0.926 bits per heavy atom. The SMILES string of the molecule is C[C@@H]1[C@H](CSc2nnnn2C)O[C@H](c2ccc(-c3ccccc3CN3C(=O)CC(NC(=O)OCc4ccccc4)C3=O)cc2)O[C@@H]1c1ccc(CO)cc1. The van der Waals surface area contributed by atoms with Crippen molar-refractivity contribution < 1.29 is 33.7 Å². The molecule has 14 heteroatoms. The van der Waals surface area contributed by atoms with Gasteiger partial charge in [-0.3, -0.25) is 14.5 Å². The highest BCUT2D eigenvalue weighted by atomic mass is 32.2. The molecule has 5 atom stereocenters. The lowest BCUT2D eigenvalue weighted by atomic mass is 9.91. The van der Waals surface area contributed by atoms with Gasteiger partial charge in [0, 0.05) is 24.3 Å². The fourth-order valence-corrected chi connectivity index (χ4v) is 7.62. The third-order valence-corrected chi connectivity index (χ3v) is 10.8. The van der Waals surface area contributed by atoms with Crippen LogP contribution in [0.2, 0.25) is 0 Å². The summed E-state index contributed by atoms with van der Waals surface area (Å²) in [6, 6.07) is 31.4. The predicted molar refractivity (Wildman–Crippen MR) is 198 cm³/mol. The number of nitrogens with zero attached hydrogens (tertiary/aromatic N) is 5. The highest BCUT2D eigenvalue weighted by Gasteiger charge is 2.41. The number of nitrogens with one attached hydrogen (secondary N) is 1. The molecule has 7 rings (SSSR count). The van der Waals surface area contributed by atoms with E-state index in [9.17, 15) is 19.5 Å². The van der Waals surface area contributed by atoms with Gasteiger partial charge in [-0.2, -0.15) is 0 Å². The molecule has 2 aliphatic heterocycles. The van der Waals surface area contributed by atoms with Crippen LogP contribution in [0.3, 0.4) is 0 Å². The van der Waals surface area contributed by atoms with E-state index in [2.05, 4.69) is 27.8 Å². The zero-order chi connectivity index (χ0) is 37.6. The van der Waals surface area contributed by atoms with Gasteiger partial charge >= 0.3 is 6.09 Å². The lowest BCUT2D eigenvalue weighted by molar-refractivity contribution is -0.268. The van der Waals surface area contributed by atoms with Gasteiger partial charge in [-0.05, 0) is 43.8 Å². The molecule has 0 aliphatic carbocycles. The zero-order valence-corrected chi connectivity index (χ0v) is 30.6. The molecule has 3 heterocycles. The molecular formula is C40H40N6O7S. The molecule has 2 fully saturated rings. The highest BCUT2D eigenvalue weighted by molar-refractivity contribution is 7.99. The summed E-state index contributed by atoms with van der Waals surface area (Å²) < 4.78 is 20.1. The second-order valence-corrected chi connectivity index (χ2v) is 14.3. The van der Waals surface area contributed by atoms with Crippen molar-refractivity contribution in [2.75, 3.05) is 5.75 Å². The monoisotopic (exact) mass is 748 g/mol. The van der Waals surface area contributed by atoms with E-state index in [0.717, 1.165) is 38.9 Å². The maximum atomic E-state index is 13.3. The molecule has 2 aliphatic rings. The van der Waals surface area contributed by atoms with Gasteiger partial charge in [-0.25, -0.2) is 9.48 Å². The maximum absolute atomic E-state index is 13.3. The first-order valence-electron chi connectivity index (χ1n) is 17.6. The Hall–Kier alpha value is -5.41. The number of aliphatic hydroxyl groups excluding tert-OH is 1. The second-order valence-electron chi connectivity index (χ2n) is 13.3. The summed E-state index contributed by atoms with van der Waals surface area (Å²) in [7, 11) is 1.80. The summed E-state index contributed by atoms with van der Waals surface area (Å²) in [5.74, 6) is -0.258. The first-order chi connectivity index (χ1) is 26.3. The van der Waals surface area contributed by atoms with Crippen molar-refractivity contribution in [3.63, 3.8) is 0 Å². The summed E-state index contributed by atoms with van der Waals surface area (Å²) in [5.41, 5.74) is 5.97. The smallest absolute Gasteiger partial charge is 0.408 e. The number of carbonyl (C=O) groups excluding carboxylic acids is 3. The number of hydrogen-bond acceptors (Lipinski definition) is 11. The molecule has 4 aromatic carbocycles. The summed E-state index contributed by atoms with van der Waals surface area (Å²) in [4.78, 5) is 40.0. The number of ether oxygens (including phenoxy) is 3. The van der Waals surface area contributed by atoms with Gasteiger partial charge in [-0.1, -0.05) is 122 Å². The number of benzene rings is 4. The quantitative estimate of drug-likeness (QED) is 0.123. The Balaban J connectivity index is 1.05. The minimum Gasteiger partial charge on any atom is -0.445 e. The van der Waals surface area contributed by atoms with Gasteiger partial charge in [-0.15, -0.1) is 5.10 Å². The Morgan fingerprint density at radius 3 is 2.37 bits per heavy atom. The Kier molecular flexibility index (Phi) is 11.4. The minimum atomic E-state index is -0.999. The van der Waals surface area contributed by atoms with Gasteiger partial charge in [0.05, 0.1) is 31.8 Å². The average Bonchev–Trinajstić information content (AvgIpc) is 3.73. The molecule has 278 valence electrons. The summed E-state index contributed by atoms with van der Waals surface area (Å²) in [6.07, 6.45) is -2.04. The fourth-order valence-electron chi connectivity index (χ4n) is 6.61. The number of thioether (sulfide) groups is 1. The number of aromatic nitrogens is 4. The van der Waals surface area contributed by atoms with Crippen LogP contribution in [0.25, 0.3) is 11.1 Å². The molecule has 0 bridgehead atoms. The van der Waals surface area contributed by atoms with Crippen LogP contribution < -0.4 is 5.32 Å². The number of rotatable bonds is 12. The number of tetrazole rings is 1. The zero-order valence-electron chi connectivity index (χ0n) is 29.8. The topological polar surface area (TPSA) is 158 Å². The molecule has 1 aromatic heterocycles. The molecule has 2 N–H and O–H groups in total. The van der Waals surface area contributed by atoms with Crippen LogP contribution in [0.4, 0.5) is 4.79 Å². The third-order valence-electron chi connectivity index (χ3n) is 9.67. The van der Waals surface area contributed by atoms with Crippen LogP contribution in [0.5, 0.6) is 0 Å². The van der Waals surface area contributed by atoms with E-state index in [-0.39, 0.29) is 50.2 Å². The van der Waals surface area contributed by atoms with Crippen LogP contribution in [0.15, 0.2) is 108 Å². The molecule has 1 unspecified atom stereocenters. The van der Waals surface area contributed by atoms with Crippen LogP contribution in [-0.4, -0.2) is 66.0 Å². The molecule has 0 saturated carbocycles. The predicted octanol–water partition coefficient (Wildman–Crippen LogP) is 5.51. The second kappa shape index (κ2) is 16.7. The van der Waals surface area contributed by atoms with Crippen molar-refractivity contribution >= 4 is 29.7 Å². The minimum absolute atomic E-state index is 0.00759. The molecule has 13 nitrogen and oxygen atoms in total. The first kappa shape index (κ1) is 36.9. The number of alkyl carbamates (subject to hydrolysis) is 1. The van der Waals surface area contributed by atoms with Crippen LogP contribution in [0.1, 0.15) is 53.6 Å². The van der Waals surface area contributed by atoms with Crippen LogP contribution in [0, 0.1) is 5.92 Å². The van der Waals surface area contributed by atoms with Crippen molar-refractivity contribution in [3.8, 4) is 11.1 Å². The van der Waals surface area contributed by atoms with Crippen molar-refractivity contribution in [1.29, 1.82) is 0 Å². The maximum Gasteiger partial charge on any atom is 0.408 e. The molecule has 0 spiro atoms. The number of amides is 3. The number of likely N-dealkylation sites (tertiary alicyclic amines) is 1. The summed E-state index contributed by atoms with van der Waals surface area (Å²) >= 11 is 1.52. The lowest BCUT2D eigenvalue weighted by Gasteiger charge is -2.41. The van der Waals surface area contributed by atoms with Crippen molar-refractivity contribution in [1.82, 2.24) is 30.4 Å². The lowest BCUT2D eigenvalue weighted by Crippen LogP contribution is -2.41. The Bertz CT molecular complexity index is 2080. The van der Waals surface area contributed by atoms with Crippen molar-refractivity contribution in [2.24, 2.45) is 13.0 Å². The van der Waals surface area contributed by atoms with Gasteiger partial charge in [0.25, 0.3) is 5.91 Å². The molecule has 2 saturated heterocycles. The number of aryl methyl sites for hydroxylation is 1. The molecule has 5 aromatic rings. The normalized spacial score (nSPS) is 21.3. The van der Waals surface area contributed by atoms with Crippen molar-refractivity contribution in [2.45, 2.75) is 62.8 Å². The van der Waals surface area contributed by atoms with E-state index >= 15 is 0 Å². The van der Waals surface area contributed by atoms with E-state index in [0.29, 0.717) is 10.9 Å². The number of carbonyl (C=O) groups is 3. The average molecular weight is 749 g/mol. The van der Waals surface area contributed by atoms with Crippen LogP contribution in [-0.2, 0) is 50.6 Å². The van der Waals surface area contributed by atoms with E-state index in [1.54, 1.807) is 11.7 Å². The van der Waals surface area contributed by atoms with Gasteiger partial charge < -0.3 is 24.6 Å². The van der Waals surface area contributed by atoms with E-state index in [1.165, 1.54) is 16.7 Å². The van der Waals surface area contributed by atoms with E-state index < -0.39 is 24.3 Å². The molecule has 54 heavy (non-hydrogen) atoms. The first-order valence-corrected chi connectivity index (χ1v) is 18.6. The molecular weight excluding hydrogens is 709 g/mol. The van der Waals surface area contributed by atoms with Crippen LogP contribution >= 0.6 is 11.8 Å². The van der Waals surface area contributed by atoms with Gasteiger partial charge in [0.2, 0.25) is 11.1 Å². The highest BCUT2D eigenvalue weighted by Crippen LogP contribution is 2.43. The number of imide groups is 1. The van der Waals surface area contributed by atoms with E-state index in [1.807, 2.05) is 103 Å². The number of hydrogen-bond donors (Lipinski definition) is 2. The van der Waals surface area contributed by atoms with Gasteiger partial charge in [0.15, 0.2) is 6.29 Å². The number of aliphatic hydroxyl groups is 1. The largest absolute Gasteiger partial charge is 0.445 e. The third kappa shape index (κ3) is 8.37. The molecule has 3 amide bonds. The van der Waals surface area contributed by atoms with Crippen molar-refractivity contribution in [3.05, 3.63) is 131 Å². The summed E-state index contributed by atoms with van der Waals surface area (Å²) in [6.45, 7) is 2.17.